The normalized spacial score (nSPS) is 14.6. The fourth-order valence-electron chi connectivity index (χ4n) is 3.71. The Morgan fingerprint density at radius 1 is 1.03 bits per heavy atom. The summed E-state index contributed by atoms with van der Waals surface area (Å²) in [7, 11) is 0. The second kappa shape index (κ2) is 9.47. The van der Waals surface area contributed by atoms with E-state index in [0.29, 0.717) is 11.4 Å². The number of fused-ring (bicyclic) bond motifs is 1. The number of carbonyl (C=O) groups excluding carboxylic acids is 2. The van der Waals surface area contributed by atoms with Crippen LogP contribution in [0, 0.1) is 5.82 Å². The van der Waals surface area contributed by atoms with Crippen molar-refractivity contribution in [2.24, 2.45) is 0 Å². The summed E-state index contributed by atoms with van der Waals surface area (Å²) < 4.78 is 18.8. The lowest BCUT2D eigenvalue weighted by Gasteiger charge is -2.32. The number of benzene rings is 3. The smallest absolute Gasteiger partial charge is 0.226 e. The molecule has 0 spiro atoms. The van der Waals surface area contributed by atoms with E-state index in [-0.39, 0.29) is 36.7 Å². The fourth-order valence-corrected chi connectivity index (χ4v) is 3.71. The van der Waals surface area contributed by atoms with Gasteiger partial charge in [-0.1, -0.05) is 42.5 Å². The topological polar surface area (TPSA) is 58.6 Å². The van der Waals surface area contributed by atoms with E-state index in [1.165, 1.54) is 19.1 Å². The summed E-state index contributed by atoms with van der Waals surface area (Å²) in [5.74, 6) is -0.0342. The van der Waals surface area contributed by atoms with Crippen molar-refractivity contribution in [1.82, 2.24) is 4.90 Å². The number of ether oxygens (including phenoxy) is 1. The number of nitrogens with one attached hydrogen (secondary N) is 1. The first kappa shape index (κ1) is 21.3. The average molecular weight is 430 g/mol. The number of anilines is 1. The highest BCUT2D eigenvalue weighted by Gasteiger charge is 2.28. The Balaban J connectivity index is 1.42. The van der Waals surface area contributed by atoms with Gasteiger partial charge in [0.1, 0.15) is 18.2 Å². The summed E-state index contributed by atoms with van der Waals surface area (Å²) in [6.45, 7) is 1.78. The van der Waals surface area contributed by atoms with Crippen molar-refractivity contribution in [3.05, 3.63) is 102 Å². The molecule has 0 aliphatic carbocycles. The summed E-state index contributed by atoms with van der Waals surface area (Å²) in [4.78, 5) is 26.5. The number of halogens is 1. The minimum atomic E-state index is -0.369. The van der Waals surface area contributed by atoms with E-state index in [9.17, 15) is 14.0 Å². The molecule has 3 aromatic rings. The Kier molecular flexibility index (Phi) is 6.31. The molecule has 32 heavy (non-hydrogen) atoms. The second-order valence-electron chi connectivity index (χ2n) is 7.58. The van der Waals surface area contributed by atoms with Gasteiger partial charge in [0.2, 0.25) is 11.8 Å². The van der Waals surface area contributed by atoms with Crippen LogP contribution in [0.2, 0.25) is 0 Å². The molecule has 1 unspecified atom stereocenters. The lowest BCUT2D eigenvalue weighted by molar-refractivity contribution is -0.129. The van der Waals surface area contributed by atoms with Crippen molar-refractivity contribution in [3.63, 3.8) is 0 Å². The summed E-state index contributed by atoms with van der Waals surface area (Å²) in [6.07, 6.45) is 3.74. The monoisotopic (exact) mass is 430 g/mol. The van der Waals surface area contributed by atoms with E-state index in [4.69, 9.17) is 4.74 Å². The molecule has 5 nitrogen and oxygen atoms in total. The Labute approximate surface area is 186 Å². The maximum atomic E-state index is 13.0. The average Bonchev–Trinajstić information content (AvgIpc) is 2.79. The van der Waals surface area contributed by atoms with Crippen LogP contribution in [0.5, 0.6) is 5.75 Å². The van der Waals surface area contributed by atoms with Gasteiger partial charge in [-0.15, -0.1) is 0 Å². The maximum absolute atomic E-state index is 13.0. The van der Waals surface area contributed by atoms with E-state index in [0.717, 1.165) is 16.7 Å². The summed E-state index contributed by atoms with van der Waals surface area (Å²) in [5, 5.41) is 2.89. The molecule has 162 valence electrons. The Morgan fingerprint density at radius 3 is 2.59 bits per heavy atom. The molecule has 0 saturated carbocycles. The first-order chi connectivity index (χ1) is 15.5. The SMILES string of the molecule is CC(=O)N1C=Cc2ccccc2C1CC(=O)Nc1cccc(OCc2ccc(F)cc2)c1. The number of carbonyl (C=O) groups is 2. The molecular formula is C26H23FN2O3. The molecule has 0 aromatic heterocycles. The molecule has 1 N–H and O–H groups in total. The van der Waals surface area contributed by atoms with Crippen LogP contribution in [0.4, 0.5) is 10.1 Å². The third-order valence-corrected chi connectivity index (χ3v) is 5.28. The number of hydrogen-bond donors (Lipinski definition) is 1. The van der Waals surface area contributed by atoms with E-state index in [2.05, 4.69) is 5.32 Å². The highest BCUT2D eigenvalue weighted by atomic mass is 19.1. The largest absolute Gasteiger partial charge is 0.489 e. The molecule has 0 saturated heterocycles. The van der Waals surface area contributed by atoms with Crippen molar-refractivity contribution >= 4 is 23.6 Å². The number of hydrogen-bond acceptors (Lipinski definition) is 3. The third kappa shape index (κ3) is 5.03. The molecule has 1 aliphatic rings. The zero-order valence-electron chi connectivity index (χ0n) is 17.6. The number of nitrogens with zero attached hydrogens (tertiary/aromatic N) is 1. The molecule has 2 amide bonds. The van der Waals surface area contributed by atoms with Crippen molar-refractivity contribution in [3.8, 4) is 5.75 Å². The van der Waals surface area contributed by atoms with Gasteiger partial charge in [-0.2, -0.15) is 0 Å². The van der Waals surface area contributed by atoms with E-state index >= 15 is 0 Å². The van der Waals surface area contributed by atoms with Gasteiger partial charge in [-0.3, -0.25) is 9.59 Å². The zero-order valence-corrected chi connectivity index (χ0v) is 17.6. The minimum absolute atomic E-state index is 0.121. The lowest BCUT2D eigenvalue weighted by Crippen LogP contribution is -2.33. The minimum Gasteiger partial charge on any atom is -0.489 e. The van der Waals surface area contributed by atoms with Gasteiger partial charge in [0, 0.05) is 24.9 Å². The molecule has 4 rings (SSSR count). The maximum Gasteiger partial charge on any atom is 0.226 e. The standard InChI is InChI=1S/C26H23FN2O3/c1-18(30)29-14-13-20-5-2-3-8-24(20)25(29)16-26(31)28-22-6-4-7-23(15-22)32-17-19-9-11-21(27)12-10-19/h2-15,25H,16-17H2,1H3,(H,28,31). The molecule has 0 bridgehead atoms. The Bertz CT molecular complexity index is 1160. The second-order valence-corrected chi connectivity index (χ2v) is 7.58. The number of rotatable bonds is 6. The quantitative estimate of drug-likeness (QED) is 0.577. The molecule has 0 radical (unpaired) electrons. The van der Waals surface area contributed by atoms with Gasteiger partial charge in [0.05, 0.1) is 12.5 Å². The van der Waals surface area contributed by atoms with Crippen LogP contribution in [0.3, 0.4) is 0 Å². The molecule has 1 atom stereocenters. The van der Waals surface area contributed by atoms with Crippen LogP contribution in [0.1, 0.15) is 36.1 Å². The molecule has 6 heteroatoms. The molecule has 1 aliphatic heterocycles. The van der Waals surface area contributed by atoms with Crippen LogP contribution < -0.4 is 10.1 Å². The van der Waals surface area contributed by atoms with Gasteiger partial charge >= 0.3 is 0 Å². The predicted molar refractivity (Wildman–Crippen MR) is 121 cm³/mol. The van der Waals surface area contributed by atoms with Crippen LogP contribution in [-0.4, -0.2) is 16.7 Å². The van der Waals surface area contributed by atoms with Gasteiger partial charge in [-0.05, 0) is 47.0 Å². The molecular weight excluding hydrogens is 407 g/mol. The van der Waals surface area contributed by atoms with E-state index in [1.807, 2.05) is 30.3 Å². The van der Waals surface area contributed by atoms with Gasteiger partial charge in [0.15, 0.2) is 0 Å². The number of amides is 2. The van der Waals surface area contributed by atoms with Crippen LogP contribution in [-0.2, 0) is 16.2 Å². The van der Waals surface area contributed by atoms with Gasteiger partial charge in [-0.25, -0.2) is 4.39 Å². The Hall–Kier alpha value is -3.93. The summed E-state index contributed by atoms with van der Waals surface area (Å²) in [6, 6.07) is 20.6. The van der Waals surface area contributed by atoms with Crippen LogP contribution in [0.15, 0.2) is 79.0 Å². The lowest BCUT2D eigenvalue weighted by atomic mass is 9.93. The summed E-state index contributed by atoms with van der Waals surface area (Å²) >= 11 is 0. The van der Waals surface area contributed by atoms with Crippen LogP contribution >= 0.6 is 0 Å². The fraction of sp³-hybridized carbons (Fsp3) is 0.154. The summed E-state index contributed by atoms with van der Waals surface area (Å²) in [5.41, 5.74) is 3.38. The van der Waals surface area contributed by atoms with Gasteiger partial charge < -0.3 is 15.0 Å². The van der Waals surface area contributed by atoms with Crippen molar-refractivity contribution in [1.29, 1.82) is 0 Å². The highest BCUT2D eigenvalue weighted by molar-refractivity contribution is 5.92. The Morgan fingerprint density at radius 2 is 1.81 bits per heavy atom. The van der Waals surface area contributed by atoms with Crippen molar-refractivity contribution < 1.29 is 18.7 Å². The van der Waals surface area contributed by atoms with Crippen molar-refractivity contribution in [2.75, 3.05) is 5.32 Å². The first-order valence-corrected chi connectivity index (χ1v) is 10.3. The van der Waals surface area contributed by atoms with E-state index < -0.39 is 0 Å². The van der Waals surface area contributed by atoms with Crippen LogP contribution in [0.25, 0.3) is 6.08 Å². The molecule has 1 heterocycles. The molecule has 0 fully saturated rings. The van der Waals surface area contributed by atoms with Crippen molar-refractivity contribution in [2.45, 2.75) is 26.0 Å². The molecule has 3 aromatic carbocycles. The van der Waals surface area contributed by atoms with Gasteiger partial charge in [0.25, 0.3) is 0 Å². The first-order valence-electron chi connectivity index (χ1n) is 10.3. The zero-order chi connectivity index (χ0) is 22.5. The highest BCUT2D eigenvalue weighted by Crippen LogP contribution is 2.33. The third-order valence-electron chi connectivity index (χ3n) is 5.28. The predicted octanol–water partition coefficient (Wildman–Crippen LogP) is 5.31. The van der Waals surface area contributed by atoms with E-state index in [1.54, 1.807) is 47.5 Å².